The highest BCUT2D eigenvalue weighted by Gasteiger charge is 2.43. The molecular formula is C29H32N8O4S. The average Bonchev–Trinajstić information content (AvgIpc) is 3.77. The van der Waals surface area contributed by atoms with Crippen LogP contribution in [0.25, 0.3) is 10.2 Å². The molecule has 12 nitrogen and oxygen atoms in total. The maximum Gasteiger partial charge on any atom is 0.271 e. The summed E-state index contributed by atoms with van der Waals surface area (Å²) in [5.41, 5.74) is 2.66. The predicted molar refractivity (Wildman–Crippen MR) is 155 cm³/mol. The number of carbonyl (C=O) groups is 4. The van der Waals surface area contributed by atoms with Crippen molar-refractivity contribution in [3.63, 3.8) is 0 Å². The van der Waals surface area contributed by atoms with Gasteiger partial charge in [0.2, 0.25) is 17.7 Å². The van der Waals surface area contributed by atoms with Crippen molar-refractivity contribution >= 4 is 45.2 Å². The molecule has 0 aliphatic carbocycles. The fraction of sp³-hybridized carbons (Fsp3) is 0.379. The highest BCUT2D eigenvalue weighted by molar-refractivity contribution is 7.17. The lowest BCUT2D eigenvalue weighted by Gasteiger charge is -2.28. The Morgan fingerprint density at radius 3 is 2.64 bits per heavy atom. The molecular weight excluding hydrogens is 556 g/mol. The molecule has 0 saturated carbocycles. The minimum absolute atomic E-state index is 0.114. The van der Waals surface area contributed by atoms with Gasteiger partial charge in [-0.1, -0.05) is 49.4 Å². The van der Waals surface area contributed by atoms with Crippen molar-refractivity contribution in [2.75, 3.05) is 6.54 Å². The van der Waals surface area contributed by atoms with Crippen molar-refractivity contribution in [1.82, 2.24) is 40.8 Å². The summed E-state index contributed by atoms with van der Waals surface area (Å²) >= 11 is 1.53. The van der Waals surface area contributed by atoms with E-state index in [9.17, 15) is 19.2 Å². The minimum atomic E-state index is -0.919. The van der Waals surface area contributed by atoms with Gasteiger partial charge in [0.25, 0.3) is 5.91 Å². The van der Waals surface area contributed by atoms with Crippen LogP contribution in [-0.4, -0.2) is 73.2 Å². The van der Waals surface area contributed by atoms with Crippen LogP contribution in [0, 0.1) is 5.92 Å². The van der Waals surface area contributed by atoms with Crippen LogP contribution in [0.4, 0.5) is 0 Å². The number of aromatic amines is 1. The second kappa shape index (κ2) is 11.4. The monoisotopic (exact) mass is 588 g/mol. The summed E-state index contributed by atoms with van der Waals surface area (Å²) in [5, 5.41) is 19.0. The highest BCUT2D eigenvalue weighted by Crippen LogP contribution is 2.30. The number of carbonyl (C=O) groups excluding carboxylic acids is 4. The lowest BCUT2D eigenvalue weighted by molar-refractivity contribution is -0.134. The molecule has 4 atom stereocenters. The van der Waals surface area contributed by atoms with E-state index in [0.29, 0.717) is 17.8 Å². The van der Waals surface area contributed by atoms with E-state index in [1.54, 1.807) is 16.9 Å². The number of amides is 4. The first-order valence-electron chi connectivity index (χ1n) is 14.0. The van der Waals surface area contributed by atoms with Crippen molar-refractivity contribution in [2.45, 2.75) is 57.4 Å². The molecule has 4 N–H and O–H groups in total. The van der Waals surface area contributed by atoms with Crippen molar-refractivity contribution in [3.8, 4) is 0 Å². The van der Waals surface area contributed by atoms with Gasteiger partial charge < -0.3 is 25.8 Å². The van der Waals surface area contributed by atoms with Crippen LogP contribution >= 0.6 is 11.3 Å². The number of H-pyrrole nitrogens is 1. The number of hydrogen-bond acceptors (Lipinski definition) is 7. The molecule has 4 amide bonds. The molecule has 1 fully saturated rings. The van der Waals surface area contributed by atoms with E-state index in [-0.39, 0.29) is 43.3 Å². The van der Waals surface area contributed by atoms with Gasteiger partial charge in [0.15, 0.2) is 0 Å². The molecule has 1 aromatic carbocycles. The topological polar surface area (TPSA) is 154 Å². The Labute approximate surface area is 245 Å². The van der Waals surface area contributed by atoms with Crippen molar-refractivity contribution < 1.29 is 19.2 Å². The quantitative estimate of drug-likeness (QED) is 0.285. The normalized spacial score (nSPS) is 23.3. The lowest BCUT2D eigenvalue weighted by atomic mass is 10.00. The number of hydrogen-bond donors (Lipinski definition) is 4. The lowest BCUT2D eigenvalue weighted by Crippen LogP contribution is -2.58. The second-order valence-electron chi connectivity index (χ2n) is 11.1. The predicted octanol–water partition coefficient (Wildman–Crippen LogP) is 1.77. The Hall–Kier alpha value is -4.52. The zero-order chi connectivity index (χ0) is 29.4. The van der Waals surface area contributed by atoms with Gasteiger partial charge in [0.1, 0.15) is 29.5 Å². The minimum Gasteiger partial charge on any atom is -0.350 e. The van der Waals surface area contributed by atoms with Gasteiger partial charge in [-0.25, -0.2) is 4.68 Å². The second-order valence-corrected chi connectivity index (χ2v) is 12.1. The first kappa shape index (κ1) is 27.6. The van der Waals surface area contributed by atoms with E-state index in [0.717, 1.165) is 15.8 Å². The Morgan fingerprint density at radius 1 is 1.07 bits per heavy atom. The summed E-state index contributed by atoms with van der Waals surface area (Å²) in [7, 11) is 0. The Kier molecular flexibility index (Phi) is 7.50. The van der Waals surface area contributed by atoms with E-state index in [2.05, 4.69) is 31.2 Å². The number of thiophene rings is 1. The maximum atomic E-state index is 13.8. The zero-order valence-electron chi connectivity index (χ0n) is 23.2. The SMILES string of the molecule is CC(C)[C@@H]1NC(=O)[C@@H]2C[C@@H](CN2C(=O)c2cc3sccc3[nH]2)n2cc(nn2)CNC(=O)[C@@H](Cc2ccccc2)NC1=O. The van der Waals surface area contributed by atoms with Crippen LogP contribution in [0.3, 0.4) is 0 Å². The van der Waals surface area contributed by atoms with Gasteiger partial charge >= 0.3 is 0 Å². The third-order valence-electron chi connectivity index (χ3n) is 7.85. The molecule has 5 heterocycles. The summed E-state index contributed by atoms with van der Waals surface area (Å²) in [4.78, 5) is 59.1. The van der Waals surface area contributed by atoms with E-state index in [1.165, 1.54) is 16.2 Å². The van der Waals surface area contributed by atoms with Crippen LogP contribution in [0.1, 0.15) is 48.1 Å². The molecule has 218 valence electrons. The third-order valence-corrected chi connectivity index (χ3v) is 8.71. The van der Waals surface area contributed by atoms with Gasteiger partial charge in [-0.3, -0.25) is 19.2 Å². The standard InChI is InChI=1S/C29H32N8O4S/c1-16(2)25-28(40)32-21(10-17-6-4-3-5-7-17)26(38)30-13-18-14-37(35-34-18)19-11-23(27(39)33-25)36(15-19)29(41)22-12-24-20(31-22)8-9-42-24/h3-9,12,14,16,19,21,23,25,31H,10-11,13,15H2,1-2H3,(H,30,38)(H,32,40)(H,33,39)/t19-,21+,23-,25-/m0/s1. The molecule has 13 heteroatoms. The van der Waals surface area contributed by atoms with Crippen LogP contribution < -0.4 is 16.0 Å². The van der Waals surface area contributed by atoms with Gasteiger partial charge in [0.05, 0.1) is 29.0 Å². The number of rotatable bonds is 4. The molecule has 0 spiro atoms. The van der Waals surface area contributed by atoms with E-state index >= 15 is 0 Å². The molecule has 2 aliphatic heterocycles. The fourth-order valence-electron chi connectivity index (χ4n) is 5.58. The Balaban J connectivity index is 1.32. The largest absolute Gasteiger partial charge is 0.350 e. The number of benzene rings is 1. The number of fused-ring (bicyclic) bond motifs is 6. The summed E-state index contributed by atoms with van der Waals surface area (Å²) in [6, 6.07) is 10.1. The molecule has 1 saturated heterocycles. The summed E-state index contributed by atoms with van der Waals surface area (Å²) in [6.45, 7) is 4.00. The van der Waals surface area contributed by atoms with Gasteiger partial charge in [0, 0.05) is 19.4 Å². The molecule has 4 bridgehead atoms. The average molecular weight is 589 g/mol. The smallest absolute Gasteiger partial charge is 0.271 e. The number of aromatic nitrogens is 4. The molecule has 4 aromatic rings. The third kappa shape index (κ3) is 5.51. The summed E-state index contributed by atoms with van der Waals surface area (Å²) in [6.07, 6.45) is 2.29. The first-order valence-corrected chi connectivity index (χ1v) is 14.8. The molecule has 0 unspecified atom stereocenters. The van der Waals surface area contributed by atoms with E-state index in [4.69, 9.17) is 0 Å². The van der Waals surface area contributed by atoms with Crippen molar-refractivity contribution in [2.24, 2.45) is 5.92 Å². The highest BCUT2D eigenvalue weighted by atomic mass is 32.1. The fourth-order valence-corrected chi connectivity index (χ4v) is 6.36. The van der Waals surface area contributed by atoms with Crippen LogP contribution in [0.15, 0.2) is 54.0 Å². The zero-order valence-corrected chi connectivity index (χ0v) is 24.1. The number of nitrogens with zero attached hydrogens (tertiary/aromatic N) is 4. The number of likely N-dealkylation sites (tertiary alicyclic amines) is 1. The van der Waals surface area contributed by atoms with Gasteiger partial charge in [-0.15, -0.1) is 16.4 Å². The first-order chi connectivity index (χ1) is 20.3. The number of nitrogens with one attached hydrogen (secondary N) is 4. The van der Waals surface area contributed by atoms with Gasteiger partial charge in [-0.2, -0.15) is 0 Å². The van der Waals surface area contributed by atoms with Crippen LogP contribution in [0.2, 0.25) is 0 Å². The van der Waals surface area contributed by atoms with Crippen LogP contribution in [0.5, 0.6) is 0 Å². The van der Waals surface area contributed by atoms with Crippen LogP contribution in [-0.2, 0) is 27.3 Å². The van der Waals surface area contributed by atoms with Crippen molar-refractivity contribution in [3.05, 3.63) is 71.0 Å². The Bertz CT molecular complexity index is 1600. The molecule has 42 heavy (non-hydrogen) atoms. The molecule has 2 aliphatic rings. The molecule has 3 aromatic heterocycles. The van der Waals surface area contributed by atoms with Crippen molar-refractivity contribution in [1.29, 1.82) is 0 Å². The summed E-state index contributed by atoms with van der Waals surface area (Å²) in [5.74, 6) is -1.85. The Morgan fingerprint density at radius 2 is 1.88 bits per heavy atom. The summed E-state index contributed by atoms with van der Waals surface area (Å²) < 4.78 is 2.60. The van der Waals surface area contributed by atoms with E-state index < -0.39 is 29.9 Å². The maximum absolute atomic E-state index is 13.8. The molecule has 0 radical (unpaired) electrons. The molecule has 6 rings (SSSR count). The van der Waals surface area contributed by atoms with Gasteiger partial charge in [-0.05, 0) is 29.0 Å². The van der Waals surface area contributed by atoms with E-state index in [1.807, 2.05) is 55.6 Å².